The summed E-state index contributed by atoms with van der Waals surface area (Å²) >= 11 is 0. The van der Waals surface area contributed by atoms with E-state index in [1.54, 1.807) is 4.68 Å². The summed E-state index contributed by atoms with van der Waals surface area (Å²) in [5, 5.41) is 11.4. The molecule has 0 atom stereocenters. The lowest BCUT2D eigenvalue weighted by Gasteiger charge is -2.23. The lowest BCUT2D eigenvalue weighted by molar-refractivity contribution is 0.245. The van der Waals surface area contributed by atoms with Gasteiger partial charge in [0.05, 0.1) is 5.69 Å². The summed E-state index contributed by atoms with van der Waals surface area (Å²) in [5.74, 6) is 0. The summed E-state index contributed by atoms with van der Waals surface area (Å²) in [5.41, 5.74) is 1.01. The SMILES string of the molecule is CN(CCNCc1cn(C)nn1)C1CCCC1. The van der Waals surface area contributed by atoms with Gasteiger partial charge in [0, 0.05) is 38.9 Å². The molecule has 0 amide bonds. The molecule has 96 valence electrons. The van der Waals surface area contributed by atoms with Crippen molar-refractivity contribution in [2.75, 3.05) is 20.1 Å². The van der Waals surface area contributed by atoms with Crippen molar-refractivity contribution in [2.24, 2.45) is 7.05 Å². The van der Waals surface area contributed by atoms with E-state index in [1.807, 2.05) is 13.2 Å². The van der Waals surface area contributed by atoms with Gasteiger partial charge in [-0.05, 0) is 19.9 Å². The van der Waals surface area contributed by atoms with E-state index in [9.17, 15) is 0 Å². The van der Waals surface area contributed by atoms with Crippen molar-refractivity contribution < 1.29 is 0 Å². The Kier molecular flexibility index (Phi) is 4.50. The van der Waals surface area contributed by atoms with Gasteiger partial charge in [0.2, 0.25) is 0 Å². The average molecular weight is 237 g/mol. The molecule has 1 heterocycles. The zero-order valence-electron chi connectivity index (χ0n) is 10.9. The summed E-state index contributed by atoms with van der Waals surface area (Å²) in [6, 6.07) is 0.813. The molecule has 1 aliphatic carbocycles. The largest absolute Gasteiger partial charge is 0.310 e. The lowest BCUT2D eigenvalue weighted by atomic mass is 10.2. The predicted octanol–water partition coefficient (Wildman–Crippen LogP) is 0.779. The molecule has 2 rings (SSSR count). The third kappa shape index (κ3) is 3.78. The molecule has 0 aliphatic heterocycles. The Bertz CT molecular complexity index is 329. The smallest absolute Gasteiger partial charge is 0.0964 e. The fourth-order valence-electron chi connectivity index (χ4n) is 2.48. The molecule has 0 aromatic carbocycles. The van der Waals surface area contributed by atoms with Gasteiger partial charge in [0.1, 0.15) is 0 Å². The van der Waals surface area contributed by atoms with Crippen molar-refractivity contribution >= 4 is 0 Å². The third-order valence-electron chi connectivity index (χ3n) is 3.55. The molecule has 0 spiro atoms. The van der Waals surface area contributed by atoms with Crippen LogP contribution >= 0.6 is 0 Å². The van der Waals surface area contributed by atoms with E-state index < -0.39 is 0 Å². The van der Waals surface area contributed by atoms with Crippen LogP contribution in [0.4, 0.5) is 0 Å². The van der Waals surface area contributed by atoms with E-state index >= 15 is 0 Å². The molecule has 5 heteroatoms. The lowest BCUT2D eigenvalue weighted by Crippen LogP contribution is -2.35. The van der Waals surface area contributed by atoms with Crippen molar-refractivity contribution in [2.45, 2.75) is 38.3 Å². The minimum Gasteiger partial charge on any atom is -0.310 e. The van der Waals surface area contributed by atoms with Crippen molar-refractivity contribution in [1.82, 2.24) is 25.2 Å². The zero-order chi connectivity index (χ0) is 12.1. The second kappa shape index (κ2) is 6.12. The predicted molar refractivity (Wildman–Crippen MR) is 67.6 cm³/mol. The Morgan fingerprint density at radius 1 is 1.47 bits per heavy atom. The molecule has 1 aromatic heterocycles. The van der Waals surface area contributed by atoms with Crippen molar-refractivity contribution in [3.05, 3.63) is 11.9 Å². The van der Waals surface area contributed by atoms with Crippen LogP contribution in [0.25, 0.3) is 0 Å². The average Bonchev–Trinajstić information content (AvgIpc) is 2.95. The number of hydrogen-bond acceptors (Lipinski definition) is 4. The highest BCUT2D eigenvalue weighted by Crippen LogP contribution is 2.21. The van der Waals surface area contributed by atoms with Gasteiger partial charge in [-0.15, -0.1) is 5.10 Å². The minimum absolute atomic E-state index is 0.812. The molecular weight excluding hydrogens is 214 g/mol. The van der Waals surface area contributed by atoms with Gasteiger partial charge in [-0.25, -0.2) is 0 Å². The zero-order valence-corrected chi connectivity index (χ0v) is 10.9. The first kappa shape index (κ1) is 12.5. The van der Waals surface area contributed by atoms with Gasteiger partial charge in [0.15, 0.2) is 0 Å². The molecule has 5 nitrogen and oxygen atoms in total. The summed E-state index contributed by atoms with van der Waals surface area (Å²) in [7, 11) is 4.13. The normalized spacial score (nSPS) is 17.1. The molecule has 0 radical (unpaired) electrons. The highest BCUT2D eigenvalue weighted by molar-refractivity contribution is 4.90. The van der Waals surface area contributed by atoms with Crippen molar-refractivity contribution in [1.29, 1.82) is 0 Å². The Labute approximate surface area is 103 Å². The van der Waals surface area contributed by atoms with Crippen LogP contribution in [0.2, 0.25) is 0 Å². The molecule has 0 saturated heterocycles. The number of rotatable bonds is 6. The van der Waals surface area contributed by atoms with Gasteiger partial charge in [0.25, 0.3) is 0 Å². The molecule has 0 bridgehead atoms. The maximum Gasteiger partial charge on any atom is 0.0964 e. The molecule has 17 heavy (non-hydrogen) atoms. The molecule has 1 fully saturated rings. The van der Waals surface area contributed by atoms with Crippen LogP contribution in [-0.4, -0.2) is 46.1 Å². The van der Waals surface area contributed by atoms with Crippen molar-refractivity contribution in [3.63, 3.8) is 0 Å². The number of aryl methyl sites for hydroxylation is 1. The van der Waals surface area contributed by atoms with Gasteiger partial charge < -0.3 is 10.2 Å². The molecule has 1 N–H and O–H groups in total. The summed E-state index contributed by atoms with van der Waals surface area (Å²) in [4.78, 5) is 2.48. The van der Waals surface area contributed by atoms with Crippen LogP contribution in [-0.2, 0) is 13.6 Å². The van der Waals surface area contributed by atoms with Crippen LogP contribution in [0.15, 0.2) is 6.20 Å². The van der Waals surface area contributed by atoms with E-state index in [4.69, 9.17) is 0 Å². The number of likely N-dealkylation sites (N-methyl/N-ethyl adjacent to an activating group) is 1. The van der Waals surface area contributed by atoms with E-state index in [2.05, 4.69) is 27.6 Å². The Hall–Kier alpha value is -0.940. The number of hydrogen-bond donors (Lipinski definition) is 1. The summed E-state index contributed by atoms with van der Waals surface area (Å²) in [6.07, 6.45) is 7.51. The summed E-state index contributed by atoms with van der Waals surface area (Å²) < 4.78 is 1.74. The quantitative estimate of drug-likeness (QED) is 0.743. The molecule has 1 aromatic rings. The van der Waals surface area contributed by atoms with E-state index in [0.717, 1.165) is 31.4 Å². The summed E-state index contributed by atoms with van der Waals surface area (Å²) in [6.45, 7) is 2.95. The fraction of sp³-hybridized carbons (Fsp3) is 0.833. The van der Waals surface area contributed by atoms with Crippen LogP contribution in [0.1, 0.15) is 31.4 Å². The second-order valence-corrected chi connectivity index (χ2v) is 4.98. The van der Waals surface area contributed by atoms with E-state index in [1.165, 1.54) is 25.7 Å². The molecule has 0 unspecified atom stereocenters. The number of nitrogens with one attached hydrogen (secondary N) is 1. The van der Waals surface area contributed by atoms with Gasteiger partial charge in [-0.1, -0.05) is 18.1 Å². The highest BCUT2D eigenvalue weighted by Gasteiger charge is 2.18. The van der Waals surface area contributed by atoms with Crippen LogP contribution < -0.4 is 5.32 Å². The van der Waals surface area contributed by atoms with E-state index in [0.29, 0.717) is 0 Å². The third-order valence-corrected chi connectivity index (χ3v) is 3.55. The maximum atomic E-state index is 4.05. The van der Waals surface area contributed by atoms with Gasteiger partial charge in [-0.3, -0.25) is 4.68 Å². The van der Waals surface area contributed by atoms with Crippen LogP contribution in [0.3, 0.4) is 0 Å². The first-order valence-electron chi connectivity index (χ1n) is 6.52. The van der Waals surface area contributed by atoms with Crippen LogP contribution in [0, 0.1) is 0 Å². The van der Waals surface area contributed by atoms with Gasteiger partial charge >= 0.3 is 0 Å². The Morgan fingerprint density at radius 2 is 2.24 bits per heavy atom. The van der Waals surface area contributed by atoms with Crippen molar-refractivity contribution in [3.8, 4) is 0 Å². The first-order chi connectivity index (χ1) is 8.25. The van der Waals surface area contributed by atoms with E-state index in [-0.39, 0.29) is 0 Å². The first-order valence-corrected chi connectivity index (χ1v) is 6.52. The highest BCUT2D eigenvalue weighted by atomic mass is 15.4. The molecule has 1 saturated carbocycles. The number of aromatic nitrogens is 3. The minimum atomic E-state index is 0.812. The van der Waals surface area contributed by atoms with Gasteiger partial charge in [-0.2, -0.15) is 0 Å². The monoisotopic (exact) mass is 237 g/mol. The fourth-order valence-corrected chi connectivity index (χ4v) is 2.48. The Morgan fingerprint density at radius 3 is 2.88 bits per heavy atom. The number of nitrogens with zero attached hydrogens (tertiary/aromatic N) is 4. The molecular formula is C12H23N5. The van der Waals surface area contributed by atoms with Crippen LogP contribution in [0.5, 0.6) is 0 Å². The maximum absolute atomic E-state index is 4.05. The topological polar surface area (TPSA) is 46.0 Å². The second-order valence-electron chi connectivity index (χ2n) is 4.98. The molecule has 1 aliphatic rings. The standard InChI is InChI=1S/C12H23N5/c1-16(12-5-3-4-6-12)8-7-13-9-11-10-17(2)15-14-11/h10,12-13H,3-9H2,1-2H3. The Balaban J connectivity index is 1.59.